The first-order valence-electron chi connectivity index (χ1n) is 6.84. The first-order valence-corrected chi connectivity index (χ1v) is 7.72. The lowest BCUT2D eigenvalue weighted by atomic mass is 10.0. The lowest BCUT2D eigenvalue weighted by molar-refractivity contribution is -0.137. The first kappa shape index (κ1) is 14.2. The normalized spacial score (nSPS) is 18.8. The van der Waals surface area contributed by atoms with Gasteiger partial charge in [-0.2, -0.15) is 0 Å². The molecule has 2 nitrogen and oxygen atoms in total. The Hall–Kier alpha value is -1.22. The molecule has 0 aromatic heterocycles. The Morgan fingerprint density at radius 2 is 1.95 bits per heavy atom. The van der Waals surface area contributed by atoms with Crippen molar-refractivity contribution in [1.82, 2.24) is 0 Å². The van der Waals surface area contributed by atoms with E-state index in [0.29, 0.717) is 0 Å². The lowest BCUT2D eigenvalue weighted by Crippen LogP contribution is -2.07. The van der Waals surface area contributed by atoms with E-state index < -0.39 is 0 Å². The molecule has 0 amide bonds. The van der Waals surface area contributed by atoms with Crippen molar-refractivity contribution in [2.45, 2.75) is 49.9 Å². The highest BCUT2D eigenvalue weighted by molar-refractivity contribution is 8.00. The summed E-state index contributed by atoms with van der Waals surface area (Å²) in [6, 6.07) is 10.1. The van der Waals surface area contributed by atoms with Crippen molar-refractivity contribution in [3.8, 4) is 0 Å². The van der Waals surface area contributed by atoms with E-state index in [0.717, 1.165) is 23.3 Å². The number of thioether (sulfide) groups is 1. The second-order valence-electron chi connectivity index (χ2n) is 4.78. The zero-order chi connectivity index (χ0) is 13.7. The van der Waals surface area contributed by atoms with Gasteiger partial charge in [0.2, 0.25) is 0 Å². The molecule has 3 heteroatoms. The molecule has 0 aliphatic carbocycles. The van der Waals surface area contributed by atoms with Crippen LogP contribution in [0.1, 0.15) is 39.5 Å². The summed E-state index contributed by atoms with van der Waals surface area (Å²) in [5, 5.41) is 0. The number of carbonyl (C=O) groups is 1. The van der Waals surface area contributed by atoms with E-state index in [9.17, 15) is 4.79 Å². The Labute approximate surface area is 119 Å². The summed E-state index contributed by atoms with van der Waals surface area (Å²) in [7, 11) is 0. The van der Waals surface area contributed by atoms with E-state index in [-0.39, 0.29) is 11.4 Å². The maximum absolute atomic E-state index is 11.7. The van der Waals surface area contributed by atoms with Gasteiger partial charge in [0.05, 0.1) is 0 Å². The minimum atomic E-state index is -0.153. The number of cyclic esters (lactones) is 1. The van der Waals surface area contributed by atoms with Gasteiger partial charge >= 0.3 is 5.97 Å². The minimum Gasteiger partial charge on any atom is -0.443 e. The minimum absolute atomic E-state index is 0.133. The average molecular weight is 276 g/mol. The van der Waals surface area contributed by atoms with Crippen LogP contribution >= 0.6 is 11.8 Å². The van der Waals surface area contributed by atoms with Crippen molar-refractivity contribution in [2.24, 2.45) is 0 Å². The molecule has 1 aromatic rings. The van der Waals surface area contributed by atoms with Crippen molar-refractivity contribution in [3.05, 3.63) is 41.5 Å². The fourth-order valence-corrected chi connectivity index (χ4v) is 3.29. The van der Waals surface area contributed by atoms with Crippen molar-refractivity contribution in [3.63, 3.8) is 0 Å². The molecule has 2 rings (SSSR count). The molecule has 1 atom stereocenters. The summed E-state index contributed by atoms with van der Waals surface area (Å²) in [5.74, 6) is -0.153. The molecule has 1 heterocycles. The van der Waals surface area contributed by atoms with Crippen LogP contribution in [0, 0.1) is 0 Å². The predicted molar refractivity (Wildman–Crippen MR) is 79.0 cm³/mol. The lowest BCUT2D eigenvalue weighted by Gasteiger charge is -2.13. The van der Waals surface area contributed by atoms with Crippen LogP contribution in [0.4, 0.5) is 0 Å². The zero-order valence-electron chi connectivity index (χ0n) is 11.5. The number of hydrogen-bond donors (Lipinski definition) is 0. The quantitative estimate of drug-likeness (QED) is 0.563. The molecular weight excluding hydrogens is 256 g/mol. The third-order valence-corrected chi connectivity index (χ3v) is 4.46. The Bertz CT molecular complexity index is 465. The Kier molecular flexibility index (Phi) is 5.08. The molecule has 1 unspecified atom stereocenters. The SMILES string of the molecule is CCCCCC1=C(C)C(=O)OC1Sc1ccccc1. The van der Waals surface area contributed by atoms with Gasteiger partial charge in [-0.3, -0.25) is 0 Å². The molecule has 102 valence electrons. The summed E-state index contributed by atoms with van der Waals surface area (Å²) in [4.78, 5) is 12.9. The summed E-state index contributed by atoms with van der Waals surface area (Å²) in [6.07, 6.45) is 4.49. The van der Waals surface area contributed by atoms with Gasteiger partial charge in [-0.25, -0.2) is 4.79 Å². The van der Waals surface area contributed by atoms with Crippen molar-refractivity contribution >= 4 is 17.7 Å². The Morgan fingerprint density at radius 1 is 1.21 bits per heavy atom. The van der Waals surface area contributed by atoms with Crippen molar-refractivity contribution < 1.29 is 9.53 Å². The fourth-order valence-electron chi connectivity index (χ4n) is 2.15. The summed E-state index contributed by atoms with van der Waals surface area (Å²) in [5.41, 5.74) is 1.85. The number of ether oxygens (including phenoxy) is 1. The first-order chi connectivity index (χ1) is 9.22. The maximum atomic E-state index is 11.7. The standard InChI is InChI=1S/C16H20O2S/c1-3-4-6-11-14-12(2)15(17)18-16(14)19-13-9-7-5-8-10-13/h5,7-10,16H,3-4,6,11H2,1-2H3. The number of hydrogen-bond acceptors (Lipinski definition) is 3. The van der Waals surface area contributed by atoms with E-state index in [2.05, 4.69) is 19.1 Å². The van der Waals surface area contributed by atoms with E-state index in [1.165, 1.54) is 18.4 Å². The zero-order valence-corrected chi connectivity index (χ0v) is 12.3. The van der Waals surface area contributed by atoms with Crippen LogP contribution < -0.4 is 0 Å². The third-order valence-electron chi connectivity index (χ3n) is 3.32. The molecule has 1 aliphatic rings. The van der Waals surface area contributed by atoms with E-state index >= 15 is 0 Å². The van der Waals surface area contributed by atoms with Crippen LogP contribution in [-0.2, 0) is 9.53 Å². The van der Waals surface area contributed by atoms with Gasteiger partial charge in [0, 0.05) is 10.5 Å². The van der Waals surface area contributed by atoms with Gasteiger partial charge in [0.25, 0.3) is 0 Å². The largest absolute Gasteiger partial charge is 0.443 e. The highest BCUT2D eigenvalue weighted by Gasteiger charge is 2.31. The van der Waals surface area contributed by atoms with Gasteiger partial charge in [-0.15, -0.1) is 0 Å². The predicted octanol–water partition coefficient (Wildman–Crippen LogP) is 4.56. The molecule has 0 N–H and O–H groups in total. The van der Waals surface area contributed by atoms with Crippen molar-refractivity contribution in [2.75, 3.05) is 0 Å². The number of rotatable bonds is 6. The van der Waals surface area contributed by atoms with E-state index in [1.807, 2.05) is 25.1 Å². The monoisotopic (exact) mass is 276 g/mol. The van der Waals surface area contributed by atoms with Gasteiger partial charge in [-0.05, 0) is 37.5 Å². The molecule has 0 radical (unpaired) electrons. The van der Waals surface area contributed by atoms with Gasteiger partial charge in [0.1, 0.15) is 0 Å². The maximum Gasteiger partial charge on any atom is 0.335 e. The highest BCUT2D eigenvalue weighted by Crippen LogP contribution is 2.37. The number of esters is 1. The van der Waals surface area contributed by atoms with E-state index in [4.69, 9.17) is 4.74 Å². The summed E-state index contributed by atoms with van der Waals surface area (Å²) in [6.45, 7) is 4.07. The number of unbranched alkanes of at least 4 members (excludes halogenated alkanes) is 2. The molecule has 0 bridgehead atoms. The van der Waals surface area contributed by atoms with Crippen LogP contribution in [0.3, 0.4) is 0 Å². The topological polar surface area (TPSA) is 26.3 Å². The molecule has 0 saturated carbocycles. The van der Waals surface area contributed by atoms with Crippen LogP contribution in [0.2, 0.25) is 0 Å². The number of benzene rings is 1. The van der Waals surface area contributed by atoms with Gasteiger partial charge < -0.3 is 4.74 Å². The fraction of sp³-hybridized carbons (Fsp3) is 0.438. The van der Waals surface area contributed by atoms with Crippen LogP contribution in [-0.4, -0.2) is 11.4 Å². The van der Waals surface area contributed by atoms with Crippen LogP contribution in [0.15, 0.2) is 46.4 Å². The highest BCUT2D eigenvalue weighted by atomic mass is 32.2. The Balaban J connectivity index is 2.05. The van der Waals surface area contributed by atoms with Crippen LogP contribution in [0.5, 0.6) is 0 Å². The summed E-state index contributed by atoms with van der Waals surface area (Å²) >= 11 is 1.62. The van der Waals surface area contributed by atoms with Gasteiger partial charge in [-0.1, -0.05) is 49.7 Å². The van der Waals surface area contributed by atoms with Crippen LogP contribution in [0.25, 0.3) is 0 Å². The molecule has 1 aromatic carbocycles. The van der Waals surface area contributed by atoms with Gasteiger partial charge in [0.15, 0.2) is 5.44 Å². The second-order valence-corrected chi connectivity index (χ2v) is 5.91. The molecule has 1 aliphatic heterocycles. The van der Waals surface area contributed by atoms with Crippen molar-refractivity contribution in [1.29, 1.82) is 0 Å². The third kappa shape index (κ3) is 3.63. The Morgan fingerprint density at radius 3 is 2.63 bits per heavy atom. The molecular formula is C16H20O2S. The molecule has 0 fully saturated rings. The summed E-state index contributed by atoms with van der Waals surface area (Å²) < 4.78 is 5.47. The smallest absolute Gasteiger partial charge is 0.335 e. The number of carbonyl (C=O) groups excluding carboxylic acids is 1. The molecule has 0 saturated heterocycles. The second kappa shape index (κ2) is 6.80. The average Bonchev–Trinajstić information content (AvgIpc) is 2.68. The van der Waals surface area contributed by atoms with E-state index in [1.54, 1.807) is 11.8 Å². The molecule has 0 spiro atoms. The molecule has 19 heavy (non-hydrogen) atoms.